The number of benzene rings is 2. The first-order valence-electron chi connectivity index (χ1n) is 10.6. The van der Waals surface area contributed by atoms with Crippen molar-refractivity contribution >= 4 is 33.4 Å². The smallest absolute Gasteiger partial charge is 0.329 e. The quantitative estimate of drug-likeness (QED) is 0.519. The summed E-state index contributed by atoms with van der Waals surface area (Å²) in [7, 11) is 7.57. The summed E-state index contributed by atoms with van der Waals surface area (Å²) < 4.78 is 6.96. The van der Waals surface area contributed by atoms with Crippen molar-refractivity contribution in [3.63, 3.8) is 0 Å². The molecule has 2 aromatic carbocycles. The fraction of sp³-hybridized carbons (Fsp3) is 0.391. The third kappa shape index (κ3) is 3.22. The summed E-state index contributed by atoms with van der Waals surface area (Å²) in [6, 6.07) is 10.2. The first-order chi connectivity index (χ1) is 14.8. The molecule has 0 aliphatic carbocycles. The molecular weight excluding hydrogens is 392 g/mol. The topological polar surface area (TPSA) is 69.1 Å². The van der Waals surface area contributed by atoms with Crippen LogP contribution in [0.4, 0.5) is 11.4 Å². The summed E-state index contributed by atoms with van der Waals surface area (Å²) in [4.78, 5) is 27.0. The van der Waals surface area contributed by atoms with Crippen molar-refractivity contribution in [2.24, 2.45) is 14.1 Å². The third-order valence-corrected chi connectivity index (χ3v) is 6.07. The molecule has 0 radical (unpaired) electrons. The Hall–Kier alpha value is -3.42. The Morgan fingerprint density at radius 3 is 2.03 bits per heavy atom. The van der Waals surface area contributed by atoms with Gasteiger partial charge in [0.05, 0.1) is 33.4 Å². The molecule has 164 valence electrons. The van der Waals surface area contributed by atoms with Crippen molar-refractivity contribution < 1.29 is 0 Å². The monoisotopic (exact) mass is 422 g/mol. The Bertz CT molecular complexity index is 1400. The zero-order chi connectivity index (χ0) is 22.4. The SMILES string of the molecule is CCn1c(=O)n(CC)c2cc(CNc3cc4c(cc3N(C)C)n(C)c(=O)n4C)ccc21. The van der Waals surface area contributed by atoms with Crippen LogP contribution in [-0.2, 0) is 33.7 Å². The molecule has 2 aromatic heterocycles. The van der Waals surface area contributed by atoms with Gasteiger partial charge >= 0.3 is 11.4 Å². The molecule has 0 atom stereocenters. The van der Waals surface area contributed by atoms with Crippen molar-refractivity contribution in [1.29, 1.82) is 0 Å². The van der Waals surface area contributed by atoms with Crippen molar-refractivity contribution in [1.82, 2.24) is 18.3 Å². The van der Waals surface area contributed by atoms with Gasteiger partial charge in [-0.2, -0.15) is 0 Å². The normalized spacial score (nSPS) is 11.5. The number of imidazole rings is 2. The first kappa shape index (κ1) is 20.8. The highest BCUT2D eigenvalue weighted by Crippen LogP contribution is 2.30. The highest BCUT2D eigenvalue weighted by Gasteiger charge is 2.15. The maximum atomic E-state index is 12.6. The molecule has 0 unspecified atom stereocenters. The number of nitrogens with one attached hydrogen (secondary N) is 1. The summed E-state index contributed by atoms with van der Waals surface area (Å²) in [6.45, 7) is 5.89. The van der Waals surface area contributed by atoms with Gasteiger partial charge in [0.15, 0.2) is 0 Å². The molecule has 0 aliphatic rings. The van der Waals surface area contributed by atoms with Crippen LogP contribution in [0.5, 0.6) is 0 Å². The van der Waals surface area contributed by atoms with Crippen LogP contribution < -0.4 is 21.6 Å². The highest BCUT2D eigenvalue weighted by molar-refractivity contribution is 5.88. The molecule has 0 aliphatic heterocycles. The van der Waals surface area contributed by atoms with E-state index in [0.717, 1.165) is 39.0 Å². The zero-order valence-corrected chi connectivity index (χ0v) is 19.1. The Morgan fingerprint density at radius 2 is 1.42 bits per heavy atom. The van der Waals surface area contributed by atoms with Gasteiger partial charge in [0, 0.05) is 47.8 Å². The molecule has 0 saturated heterocycles. The van der Waals surface area contributed by atoms with E-state index in [1.807, 2.05) is 60.2 Å². The largest absolute Gasteiger partial charge is 0.379 e. The van der Waals surface area contributed by atoms with E-state index >= 15 is 0 Å². The lowest BCUT2D eigenvalue weighted by molar-refractivity contribution is 0.670. The van der Waals surface area contributed by atoms with Crippen LogP contribution in [0.15, 0.2) is 39.9 Å². The number of fused-ring (bicyclic) bond motifs is 2. The van der Waals surface area contributed by atoms with E-state index in [9.17, 15) is 9.59 Å². The van der Waals surface area contributed by atoms with Crippen molar-refractivity contribution in [3.8, 4) is 0 Å². The molecule has 4 rings (SSSR count). The van der Waals surface area contributed by atoms with Crippen molar-refractivity contribution in [2.45, 2.75) is 33.5 Å². The molecule has 4 aromatic rings. The lowest BCUT2D eigenvalue weighted by Gasteiger charge is -2.19. The van der Waals surface area contributed by atoms with Gasteiger partial charge in [0.25, 0.3) is 0 Å². The van der Waals surface area contributed by atoms with E-state index in [2.05, 4.69) is 17.4 Å². The van der Waals surface area contributed by atoms with Crippen LogP contribution in [0, 0.1) is 0 Å². The van der Waals surface area contributed by atoms with Crippen LogP contribution in [-0.4, -0.2) is 32.4 Å². The number of hydrogen-bond acceptors (Lipinski definition) is 4. The average Bonchev–Trinajstić information content (AvgIpc) is 3.15. The number of hydrogen-bond donors (Lipinski definition) is 1. The summed E-state index contributed by atoms with van der Waals surface area (Å²) in [6.07, 6.45) is 0. The maximum absolute atomic E-state index is 12.6. The molecule has 8 heteroatoms. The second-order valence-corrected chi connectivity index (χ2v) is 8.10. The van der Waals surface area contributed by atoms with Gasteiger partial charge in [0.2, 0.25) is 0 Å². The molecule has 1 N–H and O–H groups in total. The minimum atomic E-state index is -0.0414. The summed E-state index contributed by atoms with van der Waals surface area (Å²) in [5.74, 6) is 0. The predicted octanol–water partition coefficient (Wildman–Crippen LogP) is 2.71. The van der Waals surface area contributed by atoms with Crippen molar-refractivity contribution in [3.05, 3.63) is 56.9 Å². The van der Waals surface area contributed by atoms with E-state index in [-0.39, 0.29) is 11.4 Å². The van der Waals surface area contributed by atoms with Crippen LogP contribution in [0.2, 0.25) is 0 Å². The Labute approximate surface area is 180 Å². The van der Waals surface area contributed by atoms with Gasteiger partial charge < -0.3 is 10.2 Å². The molecule has 0 saturated carbocycles. The predicted molar refractivity (Wildman–Crippen MR) is 127 cm³/mol. The lowest BCUT2D eigenvalue weighted by atomic mass is 10.1. The van der Waals surface area contributed by atoms with Crippen LogP contribution in [0.1, 0.15) is 19.4 Å². The number of aryl methyl sites for hydroxylation is 4. The van der Waals surface area contributed by atoms with Gasteiger partial charge in [-0.1, -0.05) is 6.07 Å². The Kier molecular flexibility index (Phi) is 5.16. The second-order valence-electron chi connectivity index (χ2n) is 8.10. The van der Waals surface area contributed by atoms with Crippen LogP contribution in [0.25, 0.3) is 22.1 Å². The fourth-order valence-electron chi connectivity index (χ4n) is 4.33. The minimum absolute atomic E-state index is 0.0375. The number of rotatable bonds is 6. The number of nitrogens with zero attached hydrogens (tertiary/aromatic N) is 5. The van der Waals surface area contributed by atoms with E-state index in [1.54, 1.807) is 23.2 Å². The van der Waals surface area contributed by atoms with Gasteiger partial charge in [-0.25, -0.2) is 9.59 Å². The van der Waals surface area contributed by atoms with Crippen molar-refractivity contribution in [2.75, 3.05) is 24.3 Å². The lowest BCUT2D eigenvalue weighted by Crippen LogP contribution is -2.23. The second kappa shape index (κ2) is 7.68. The molecule has 2 heterocycles. The van der Waals surface area contributed by atoms with Gasteiger partial charge in [0.1, 0.15) is 0 Å². The Balaban J connectivity index is 1.74. The van der Waals surface area contributed by atoms with Gasteiger partial charge in [-0.3, -0.25) is 18.3 Å². The molecule has 31 heavy (non-hydrogen) atoms. The first-order valence-corrected chi connectivity index (χ1v) is 10.6. The van der Waals surface area contributed by atoms with E-state index in [4.69, 9.17) is 0 Å². The number of aromatic nitrogens is 4. The molecule has 0 amide bonds. The van der Waals surface area contributed by atoms with Gasteiger partial charge in [-0.05, 0) is 43.7 Å². The summed E-state index contributed by atoms with van der Waals surface area (Å²) in [5, 5.41) is 3.54. The molecular formula is C23H30N6O2. The molecule has 8 nitrogen and oxygen atoms in total. The summed E-state index contributed by atoms with van der Waals surface area (Å²) >= 11 is 0. The molecule has 0 bridgehead atoms. The Morgan fingerprint density at radius 1 is 0.806 bits per heavy atom. The van der Waals surface area contributed by atoms with E-state index < -0.39 is 0 Å². The summed E-state index contributed by atoms with van der Waals surface area (Å²) in [5.41, 5.74) is 6.77. The molecule has 0 fully saturated rings. The van der Waals surface area contributed by atoms with Crippen LogP contribution >= 0.6 is 0 Å². The van der Waals surface area contributed by atoms with E-state index in [1.165, 1.54) is 0 Å². The van der Waals surface area contributed by atoms with E-state index in [0.29, 0.717) is 19.6 Å². The highest BCUT2D eigenvalue weighted by atomic mass is 16.2. The number of anilines is 2. The maximum Gasteiger partial charge on any atom is 0.329 e. The standard InChI is InChI=1S/C23H30N6O2/c1-7-28-17-10-9-15(11-21(17)29(8-2)23(28)31)14-24-16-12-19-20(13-18(16)25(3)4)27(6)22(30)26(19)5/h9-13,24H,7-8,14H2,1-6H3. The minimum Gasteiger partial charge on any atom is -0.379 e. The van der Waals surface area contributed by atoms with Crippen LogP contribution in [0.3, 0.4) is 0 Å². The zero-order valence-electron chi connectivity index (χ0n) is 19.1. The third-order valence-electron chi connectivity index (χ3n) is 6.07. The van der Waals surface area contributed by atoms with Gasteiger partial charge in [-0.15, -0.1) is 0 Å². The average molecular weight is 423 g/mol. The molecule has 0 spiro atoms. The fourth-order valence-corrected chi connectivity index (χ4v) is 4.33.